The summed E-state index contributed by atoms with van der Waals surface area (Å²) in [5.41, 5.74) is 7.83. The molecule has 1 aromatic rings. The van der Waals surface area contributed by atoms with E-state index in [1.54, 1.807) is 12.1 Å². The average molecular weight is 235 g/mol. The molecule has 0 aliphatic carbocycles. The van der Waals surface area contributed by atoms with Crippen molar-refractivity contribution in [2.75, 3.05) is 24.7 Å². The van der Waals surface area contributed by atoms with Crippen LogP contribution < -0.4 is 16.0 Å². The molecule has 94 valence electrons. The van der Waals surface area contributed by atoms with E-state index in [0.717, 1.165) is 12.1 Å². The number of nitrogens with two attached hydrogens (primary N) is 1. The molecule has 1 rings (SSSR count). The lowest BCUT2D eigenvalue weighted by molar-refractivity contribution is 0.0940. The highest BCUT2D eigenvalue weighted by molar-refractivity contribution is 6.00. The van der Waals surface area contributed by atoms with Gasteiger partial charge < -0.3 is 16.0 Å². The number of nitrogens with zero attached hydrogens (tertiary/aromatic N) is 1. The Kier molecular flexibility index (Phi) is 4.37. The van der Waals surface area contributed by atoms with Crippen molar-refractivity contribution in [3.05, 3.63) is 23.8 Å². The molecular formula is C13H21N3O. The highest BCUT2D eigenvalue weighted by Gasteiger charge is 2.14. The van der Waals surface area contributed by atoms with Crippen LogP contribution in [0, 0.1) is 0 Å². The summed E-state index contributed by atoms with van der Waals surface area (Å²) >= 11 is 0. The zero-order valence-corrected chi connectivity index (χ0v) is 10.9. The topological polar surface area (TPSA) is 58.4 Å². The third-order valence-electron chi connectivity index (χ3n) is 2.74. The van der Waals surface area contributed by atoms with Crippen LogP contribution in [0.3, 0.4) is 0 Å². The fourth-order valence-electron chi connectivity index (χ4n) is 1.53. The maximum absolute atomic E-state index is 12.1. The lowest BCUT2D eigenvalue weighted by Crippen LogP contribution is -2.33. The van der Waals surface area contributed by atoms with Crippen molar-refractivity contribution in [1.29, 1.82) is 0 Å². The second-order valence-corrected chi connectivity index (χ2v) is 4.45. The number of amides is 1. The number of benzene rings is 1. The number of anilines is 2. The predicted octanol–water partition coefficient (Wildman–Crippen LogP) is 1.86. The van der Waals surface area contributed by atoms with Crippen molar-refractivity contribution < 1.29 is 4.79 Å². The van der Waals surface area contributed by atoms with Gasteiger partial charge in [0.15, 0.2) is 0 Å². The summed E-state index contributed by atoms with van der Waals surface area (Å²) < 4.78 is 0. The molecule has 0 radical (unpaired) electrons. The summed E-state index contributed by atoms with van der Waals surface area (Å²) in [5, 5.41) is 2.95. The van der Waals surface area contributed by atoms with E-state index in [4.69, 9.17) is 5.73 Å². The molecule has 1 atom stereocenters. The van der Waals surface area contributed by atoms with Crippen LogP contribution in [0.1, 0.15) is 30.6 Å². The number of hydrogen-bond donors (Lipinski definition) is 2. The lowest BCUT2D eigenvalue weighted by atomic mass is 10.1. The molecule has 0 bridgehead atoms. The lowest BCUT2D eigenvalue weighted by Gasteiger charge is -2.19. The number of nitrogen functional groups attached to an aromatic ring is 1. The zero-order valence-electron chi connectivity index (χ0n) is 10.9. The second-order valence-electron chi connectivity index (χ2n) is 4.45. The van der Waals surface area contributed by atoms with E-state index in [0.29, 0.717) is 11.3 Å². The predicted molar refractivity (Wildman–Crippen MR) is 72.4 cm³/mol. The first-order chi connectivity index (χ1) is 7.95. The minimum absolute atomic E-state index is 0.0737. The van der Waals surface area contributed by atoms with E-state index in [-0.39, 0.29) is 11.9 Å². The maximum Gasteiger partial charge on any atom is 0.253 e. The van der Waals surface area contributed by atoms with Crippen LogP contribution >= 0.6 is 0 Å². The first-order valence-electron chi connectivity index (χ1n) is 5.83. The molecule has 0 saturated heterocycles. The fraction of sp³-hybridized carbons (Fsp3) is 0.462. The van der Waals surface area contributed by atoms with Crippen molar-refractivity contribution >= 4 is 17.3 Å². The molecule has 4 heteroatoms. The molecule has 0 aliphatic rings. The van der Waals surface area contributed by atoms with Crippen molar-refractivity contribution in [3.63, 3.8) is 0 Å². The van der Waals surface area contributed by atoms with Crippen LogP contribution in [0.4, 0.5) is 11.4 Å². The quantitative estimate of drug-likeness (QED) is 0.783. The smallest absolute Gasteiger partial charge is 0.253 e. The third kappa shape index (κ3) is 3.37. The van der Waals surface area contributed by atoms with E-state index >= 15 is 0 Å². The molecule has 4 nitrogen and oxygen atoms in total. The van der Waals surface area contributed by atoms with Crippen LogP contribution in [-0.4, -0.2) is 26.0 Å². The van der Waals surface area contributed by atoms with Crippen LogP contribution in [-0.2, 0) is 0 Å². The van der Waals surface area contributed by atoms with Crippen LogP contribution in [0.2, 0.25) is 0 Å². The summed E-state index contributed by atoms with van der Waals surface area (Å²) in [5.74, 6) is -0.0737. The minimum Gasteiger partial charge on any atom is -0.399 e. The summed E-state index contributed by atoms with van der Waals surface area (Å²) in [6, 6.07) is 5.54. The maximum atomic E-state index is 12.1. The SMILES string of the molecule is CCC(C)NC(=O)c1cc(N)ccc1N(C)C. The molecule has 0 saturated carbocycles. The second kappa shape index (κ2) is 5.57. The summed E-state index contributed by atoms with van der Waals surface area (Å²) in [4.78, 5) is 14.0. The number of nitrogens with one attached hydrogen (secondary N) is 1. The molecule has 1 unspecified atom stereocenters. The number of carbonyl (C=O) groups excluding carboxylic acids is 1. The fourth-order valence-corrected chi connectivity index (χ4v) is 1.53. The van der Waals surface area contributed by atoms with Gasteiger partial charge in [-0.25, -0.2) is 0 Å². The normalized spacial score (nSPS) is 12.0. The number of hydrogen-bond acceptors (Lipinski definition) is 3. The Morgan fingerprint density at radius 2 is 2.12 bits per heavy atom. The molecular weight excluding hydrogens is 214 g/mol. The van der Waals surface area contributed by atoms with Gasteiger partial charge in [0, 0.05) is 31.5 Å². The Balaban J connectivity index is 3.02. The highest BCUT2D eigenvalue weighted by atomic mass is 16.1. The van der Waals surface area contributed by atoms with Gasteiger partial charge in [0.1, 0.15) is 0 Å². The summed E-state index contributed by atoms with van der Waals surface area (Å²) in [6.45, 7) is 4.02. The zero-order chi connectivity index (χ0) is 13.0. The van der Waals surface area contributed by atoms with Crippen molar-refractivity contribution in [1.82, 2.24) is 5.32 Å². The molecule has 0 spiro atoms. The van der Waals surface area contributed by atoms with Gasteiger partial charge >= 0.3 is 0 Å². The monoisotopic (exact) mass is 235 g/mol. The van der Waals surface area contributed by atoms with Gasteiger partial charge in [-0.2, -0.15) is 0 Å². The van der Waals surface area contributed by atoms with E-state index in [9.17, 15) is 4.79 Å². The van der Waals surface area contributed by atoms with Gasteiger partial charge in [0.05, 0.1) is 5.56 Å². The van der Waals surface area contributed by atoms with E-state index in [1.165, 1.54) is 0 Å². The first-order valence-corrected chi connectivity index (χ1v) is 5.83. The largest absolute Gasteiger partial charge is 0.399 e. The molecule has 0 heterocycles. The van der Waals surface area contributed by atoms with E-state index in [1.807, 2.05) is 38.9 Å². The van der Waals surface area contributed by atoms with E-state index in [2.05, 4.69) is 5.32 Å². The molecule has 3 N–H and O–H groups in total. The molecule has 0 aliphatic heterocycles. The van der Waals surface area contributed by atoms with Gasteiger partial charge in [0.2, 0.25) is 0 Å². The minimum atomic E-state index is -0.0737. The van der Waals surface area contributed by atoms with Crippen LogP contribution in [0.25, 0.3) is 0 Å². The van der Waals surface area contributed by atoms with Crippen molar-refractivity contribution in [2.45, 2.75) is 26.3 Å². The summed E-state index contributed by atoms with van der Waals surface area (Å²) in [6.07, 6.45) is 0.908. The molecule has 17 heavy (non-hydrogen) atoms. The molecule has 1 aromatic carbocycles. The number of rotatable bonds is 4. The molecule has 1 amide bonds. The average Bonchev–Trinajstić information content (AvgIpc) is 2.28. The Labute approximate surface area is 103 Å². The summed E-state index contributed by atoms with van der Waals surface area (Å²) in [7, 11) is 3.82. The van der Waals surface area contributed by atoms with Crippen molar-refractivity contribution in [3.8, 4) is 0 Å². The Morgan fingerprint density at radius 1 is 1.47 bits per heavy atom. The first kappa shape index (κ1) is 13.4. The molecule has 0 fully saturated rings. The molecule has 0 aromatic heterocycles. The Bertz CT molecular complexity index is 402. The third-order valence-corrected chi connectivity index (χ3v) is 2.74. The Morgan fingerprint density at radius 3 is 2.65 bits per heavy atom. The highest BCUT2D eigenvalue weighted by Crippen LogP contribution is 2.21. The van der Waals surface area contributed by atoms with Gasteiger partial charge in [-0.15, -0.1) is 0 Å². The van der Waals surface area contributed by atoms with Gasteiger partial charge in [-0.05, 0) is 31.5 Å². The van der Waals surface area contributed by atoms with E-state index < -0.39 is 0 Å². The van der Waals surface area contributed by atoms with Gasteiger partial charge in [-0.1, -0.05) is 6.92 Å². The van der Waals surface area contributed by atoms with Crippen LogP contribution in [0.5, 0.6) is 0 Å². The van der Waals surface area contributed by atoms with Crippen LogP contribution in [0.15, 0.2) is 18.2 Å². The van der Waals surface area contributed by atoms with Crippen molar-refractivity contribution in [2.24, 2.45) is 0 Å². The standard InChI is InChI=1S/C13H21N3O/c1-5-9(2)15-13(17)11-8-10(14)6-7-12(11)16(3)4/h6-9H,5,14H2,1-4H3,(H,15,17). The van der Waals surface area contributed by atoms with Gasteiger partial charge in [-0.3, -0.25) is 4.79 Å². The van der Waals surface area contributed by atoms with Gasteiger partial charge in [0.25, 0.3) is 5.91 Å². The number of carbonyl (C=O) groups is 1. The Hall–Kier alpha value is -1.71.